The van der Waals surface area contributed by atoms with E-state index in [-0.39, 0.29) is 0 Å². The average Bonchev–Trinajstić information content (AvgIpc) is 2.64. The van der Waals surface area contributed by atoms with Gasteiger partial charge < -0.3 is 14.8 Å². The predicted molar refractivity (Wildman–Crippen MR) is 111 cm³/mol. The minimum absolute atomic E-state index is 0.306. The van der Waals surface area contributed by atoms with Crippen molar-refractivity contribution in [3.63, 3.8) is 0 Å². The first kappa shape index (κ1) is 21.6. The molecule has 0 saturated carbocycles. The molecule has 0 aliphatic heterocycles. The van der Waals surface area contributed by atoms with Gasteiger partial charge in [0.15, 0.2) is 11.5 Å². The fourth-order valence-corrected chi connectivity index (χ4v) is 4.17. The highest BCUT2D eigenvalue weighted by Crippen LogP contribution is 2.30. The zero-order valence-corrected chi connectivity index (χ0v) is 17.5. The van der Waals surface area contributed by atoms with E-state index in [1.54, 1.807) is 43.3 Å². The van der Waals surface area contributed by atoms with Gasteiger partial charge in [-0.25, -0.2) is 8.42 Å². The second-order valence-corrected chi connectivity index (χ2v) is 8.24. The SMILES string of the molecule is CCC(C(=O)Nc1ccc(OC)c(OC)c1)N(c1cccc(C)c1)S(C)(=O)=O. The Morgan fingerprint density at radius 1 is 1.11 bits per heavy atom. The van der Waals surface area contributed by atoms with Crippen molar-refractivity contribution in [2.45, 2.75) is 26.3 Å². The number of nitrogens with one attached hydrogen (secondary N) is 1. The van der Waals surface area contributed by atoms with E-state index in [4.69, 9.17) is 9.47 Å². The first-order valence-corrected chi connectivity index (χ1v) is 10.6. The van der Waals surface area contributed by atoms with Gasteiger partial charge in [0.2, 0.25) is 15.9 Å². The molecule has 0 radical (unpaired) electrons. The molecule has 7 nitrogen and oxygen atoms in total. The van der Waals surface area contributed by atoms with Crippen molar-refractivity contribution in [2.75, 3.05) is 30.1 Å². The zero-order valence-electron chi connectivity index (χ0n) is 16.7. The molecule has 28 heavy (non-hydrogen) atoms. The molecule has 0 fully saturated rings. The van der Waals surface area contributed by atoms with Gasteiger partial charge in [0.05, 0.1) is 26.2 Å². The minimum Gasteiger partial charge on any atom is -0.493 e. The van der Waals surface area contributed by atoms with Crippen molar-refractivity contribution in [3.05, 3.63) is 48.0 Å². The molecule has 0 aromatic heterocycles. The molecule has 1 N–H and O–H groups in total. The first-order valence-electron chi connectivity index (χ1n) is 8.80. The lowest BCUT2D eigenvalue weighted by atomic mass is 10.1. The molecule has 2 rings (SSSR count). The van der Waals surface area contributed by atoms with Gasteiger partial charge in [-0.1, -0.05) is 19.1 Å². The summed E-state index contributed by atoms with van der Waals surface area (Å²) in [4.78, 5) is 13.0. The molecule has 1 amide bonds. The number of aryl methyl sites for hydroxylation is 1. The van der Waals surface area contributed by atoms with Crippen LogP contribution in [0.1, 0.15) is 18.9 Å². The Hall–Kier alpha value is -2.74. The number of benzene rings is 2. The number of hydrogen-bond donors (Lipinski definition) is 1. The number of anilines is 2. The molecule has 2 aromatic rings. The van der Waals surface area contributed by atoms with Crippen molar-refractivity contribution in [2.24, 2.45) is 0 Å². The molecule has 8 heteroatoms. The second kappa shape index (κ2) is 8.97. The molecular formula is C20H26N2O5S. The largest absolute Gasteiger partial charge is 0.493 e. The first-order chi connectivity index (χ1) is 13.2. The number of sulfonamides is 1. The summed E-state index contributed by atoms with van der Waals surface area (Å²) in [5, 5.41) is 2.78. The van der Waals surface area contributed by atoms with Crippen molar-refractivity contribution in [1.29, 1.82) is 0 Å². The molecule has 0 aliphatic rings. The minimum atomic E-state index is -3.68. The molecule has 1 atom stereocenters. The Kier molecular flexibility index (Phi) is 6.90. The second-order valence-electron chi connectivity index (χ2n) is 6.38. The summed E-state index contributed by atoms with van der Waals surface area (Å²) >= 11 is 0. The lowest BCUT2D eigenvalue weighted by Crippen LogP contribution is -2.47. The van der Waals surface area contributed by atoms with Crippen LogP contribution < -0.4 is 19.1 Å². The Labute approximate surface area is 166 Å². The predicted octanol–water partition coefficient (Wildman–Crippen LogP) is 3.20. The third-order valence-electron chi connectivity index (χ3n) is 4.24. The third-order valence-corrected chi connectivity index (χ3v) is 5.42. The van der Waals surface area contributed by atoms with Crippen LogP contribution in [0.5, 0.6) is 11.5 Å². The summed E-state index contributed by atoms with van der Waals surface area (Å²) in [5.74, 6) is 0.568. The summed E-state index contributed by atoms with van der Waals surface area (Å²) in [6.07, 6.45) is 1.40. The maximum absolute atomic E-state index is 13.0. The molecule has 2 aromatic carbocycles. The smallest absolute Gasteiger partial charge is 0.248 e. The van der Waals surface area contributed by atoms with Crippen LogP contribution in [-0.4, -0.2) is 40.8 Å². The van der Waals surface area contributed by atoms with Crippen LogP contribution in [0.3, 0.4) is 0 Å². The highest BCUT2D eigenvalue weighted by molar-refractivity contribution is 7.92. The van der Waals surface area contributed by atoms with Crippen LogP contribution in [0.15, 0.2) is 42.5 Å². The molecule has 1 unspecified atom stereocenters. The number of methoxy groups -OCH3 is 2. The Bertz CT molecular complexity index is 943. The van der Waals surface area contributed by atoms with Crippen molar-refractivity contribution >= 4 is 27.3 Å². The lowest BCUT2D eigenvalue weighted by Gasteiger charge is -2.30. The van der Waals surface area contributed by atoms with E-state index in [1.807, 2.05) is 13.0 Å². The van der Waals surface area contributed by atoms with E-state index in [1.165, 1.54) is 14.2 Å². The fraction of sp³-hybridized carbons (Fsp3) is 0.350. The van der Waals surface area contributed by atoms with E-state index in [0.717, 1.165) is 16.1 Å². The summed E-state index contributed by atoms with van der Waals surface area (Å²) in [5.41, 5.74) is 1.84. The highest BCUT2D eigenvalue weighted by atomic mass is 32.2. The maximum atomic E-state index is 13.0. The highest BCUT2D eigenvalue weighted by Gasteiger charge is 2.31. The van der Waals surface area contributed by atoms with Gasteiger partial charge in [-0.2, -0.15) is 0 Å². The van der Waals surface area contributed by atoms with Crippen molar-refractivity contribution in [3.8, 4) is 11.5 Å². The molecular weight excluding hydrogens is 380 g/mol. The molecule has 0 bridgehead atoms. The maximum Gasteiger partial charge on any atom is 0.248 e. The van der Waals surface area contributed by atoms with E-state index < -0.39 is 22.0 Å². The van der Waals surface area contributed by atoms with Gasteiger partial charge in [0.1, 0.15) is 6.04 Å². The van der Waals surface area contributed by atoms with Gasteiger partial charge in [-0.05, 0) is 43.2 Å². The number of hydrogen-bond acceptors (Lipinski definition) is 5. The van der Waals surface area contributed by atoms with Gasteiger partial charge in [-0.3, -0.25) is 9.10 Å². The number of nitrogens with zero attached hydrogens (tertiary/aromatic N) is 1. The van der Waals surface area contributed by atoms with Crippen LogP contribution in [0.25, 0.3) is 0 Å². The summed E-state index contributed by atoms with van der Waals surface area (Å²) in [6.45, 7) is 3.64. The van der Waals surface area contributed by atoms with Crippen LogP contribution in [0.4, 0.5) is 11.4 Å². The number of rotatable bonds is 8. The van der Waals surface area contributed by atoms with Crippen LogP contribution in [0, 0.1) is 6.92 Å². The normalized spacial score (nSPS) is 12.2. The Balaban J connectivity index is 2.37. The monoisotopic (exact) mass is 406 g/mol. The number of carbonyl (C=O) groups excluding carboxylic acids is 1. The topological polar surface area (TPSA) is 84.9 Å². The molecule has 0 spiro atoms. The summed E-state index contributed by atoms with van der Waals surface area (Å²) in [6, 6.07) is 11.1. The van der Waals surface area contributed by atoms with Crippen molar-refractivity contribution < 1.29 is 22.7 Å². The molecule has 0 saturated heterocycles. The fourth-order valence-electron chi connectivity index (χ4n) is 2.96. The summed E-state index contributed by atoms with van der Waals surface area (Å²) in [7, 11) is -0.655. The quantitative estimate of drug-likeness (QED) is 0.728. The Morgan fingerprint density at radius 2 is 1.79 bits per heavy atom. The van der Waals surface area contributed by atoms with Gasteiger partial charge >= 0.3 is 0 Å². The van der Waals surface area contributed by atoms with Crippen LogP contribution in [0.2, 0.25) is 0 Å². The van der Waals surface area contributed by atoms with E-state index >= 15 is 0 Å². The van der Waals surface area contributed by atoms with Gasteiger partial charge in [0.25, 0.3) is 0 Å². The average molecular weight is 407 g/mol. The third kappa shape index (κ3) is 4.95. The van der Waals surface area contributed by atoms with E-state index in [9.17, 15) is 13.2 Å². The molecule has 0 aliphatic carbocycles. The molecule has 0 heterocycles. The zero-order chi connectivity index (χ0) is 20.9. The van der Waals surface area contributed by atoms with Crippen LogP contribution in [-0.2, 0) is 14.8 Å². The standard InChI is InChI=1S/C20H26N2O5S/c1-6-17(22(28(5,24)25)16-9-7-8-14(2)12-16)20(23)21-15-10-11-18(26-3)19(13-15)27-4/h7-13,17H,6H2,1-5H3,(H,21,23). The lowest BCUT2D eigenvalue weighted by molar-refractivity contribution is -0.117. The van der Waals surface area contributed by atoms with E-state index in [2.05, 4.69) is 5.32 Å². The molecule has 152 valence electrons. The number of amides is 1. The number of carbonyl (C=O) groups is 1. The summed E-state index contributed by atoms with van der Waals surface area (Å²) < 4.78 is 36.6. The van der Waals surface area contributed by atoms with Gasteiger partial charge in [-0.15, -0.1) is 0 Å². The van der Waals surface area contributed by atoms with Crippen molar-refractivity contribution in [1.82, 2.24) is 0 Å². The number of ether oxygens (including phenoxy) is 2. The van der Waals surface area contributed by atoms with Gasteiger partial charge in [0, 0.05) is 11.8 Å². The van der Waals surface area contributed by atoms with Crippen LogP contribution >= 0.6 is 0 Å². The Morgan fingerprint density at radius 3 is 2.32 bits per heavy atom. The van der Waals surface area contributed by atoms with E-state index in [0.29, 0.717) is 29.3 Å².